The van der Waals surface area contributed by atoms with Crippen LogP contribution in [0.2, 0.25) is 0 Å². The van der Waals surface area contributed by atoms with Crippen molar-refractivity contribution >= 4 is 5.82 Å². The minimum atomic E-state index is -0.531. The molecule has 2 heterocycles. The van der Waals surface area contributed by atoms with E-state index in [4.69, 9.17) is 0 Å². The Bertz CT molecular complexity index is 780. The molecule has 0 amide bonds. The van der Waals surface area contributed by atoms with Gasteiger partial charge in [0.25, 0.3) is 0 Å². The van der Waals surface area contributed by atoms with E-state index in [1.54, 1.807) is 12.4 Å². The summed E-state index contributed by atoms with van der Waals surface area (Å²) < 4.78 is 27.0. The van der Waals surface area contributed by atoms with Crippen molar-refractivity contribution in [1.29, 1.82) is 0 Å². The molecule has 1 aromatic heterocycles. The number of benzene rings is 1. The SMILES string of the molecule is CC1CN(c2ncnc3c2CCC3)CCN1Cc1ccc(F)cc1F. The Morgan fingerprint density at radius 3 is 2.84 bits per heavy atom. The van der Waals surface area contributed by atoms with Crippen LogP contribution in [-0.2, 0) is 19.4 Å². The molecule has 1 aliphatic carbocycles. The van der Waals surface area contributed by atoms with Crippen molar-refractivity contribution in [2.75, 3.05) is 24.5 Å². The number of fused-ring (bicyclic) bond motifs is 1. The van der Waals surface area contributed by atoms with Gasteiger partial charge in [-0.1, -0.05) is 6.07 Å². The van der Waals surface area contributed by atoms with Crippen molar-refractivity contribution in [3.8, 4) is 0 Å². The van der Waals surface area contributed by atoms with Gasteiger partial charge in [0.15, 0.2) is 0 Å². The van der Waals surface area contributed by atoms with Gasteiger partial charge in [-0.25, -0.2) is 18.7 Å². The smallest absolute Gasteiger partial charge is 0.135 e. The zero-order chi connectivity index (χ0) is 17.4. The van der Waals surface area contributed by atoms with Crippen LogP contribution in [0, 0.1) is 11.6 Å². The molecule has 1 aromatic carbocycles. The number of piperazine rings is 1. The molecule has 0 saturated carbocycles. The van der Waals surface area contributed by atoms with E-state index in [2.05, 4.69) is 26.7 Å². The molecule has 2 aliphatic rings. The van der Waals surface area contributed by atoms with Crippen LogP contribution >= 0.6 is 0 Å². The summed E-state index contributed by atoms with van der Waals surface area (Å²) in [7, 11) is 0. The molecule has 1 fully saturated rings. The van der Waals surface area contributed by atoms with Crippen molar-refractivity contribution in [1.82, 2.24) is 14.9 Å². The fraction of sp³-hybridized carbons (Fsp3) is 0.474. The van der Waals surface area contributed by atoms with Crippen molar-refractivity contribution in [2.24, 2.45) is 0 Å². The molecule has 0 bridgehead atoms. The highest BCUT2D eigenvalue weighted by molar-refractivity contribution is 5.51. The molecule has 1 aliphatic heterocycles. The van der Waals surface area contributed by atoms with Crippen LogP contribution in [0.15, 0.2) is 24.5 Å². The third-order valence-electron chi connectivity index (χ3n) is 5.31. The van der Waals surface area contributed by atoms with E-state index >= 15 is 0 Å². The van der Waals surface area contributed by atoms with Crippen LogP contribution in [0.4, 0.5) is 14.6 Å². The summed E-state index contributed by atoms with van der Waals surface area (Å²) in [4.78, 5) is 13.5. The summed E-state index contributed by atoms with van der Waals surface area (Å²) in [6, 6.07) is 4.09. The van der Waals surface area contributed by atoms with Crippen LogP contribution in [-0.4, -0.2) is 40.5 Å². The Labute approximate surface area is 146 Å². The first-order valence-electron chi connectivity index (χ1n) is 8.87. The molecule has 4 rings (SSSR count). The summed E-state index contributed by atoms with van der Waals surface area (Å²) in [5.74, 6) is 0.0712. The van der Waals surface area contributed by atoms with Crippen LogP contribution in [0.3, 0.4) is 0 Å². The van der Waals surface area contributed by atoms with Crippen LogP contribution in [0.25, 0.3) is 0 Å². The number of aryl methyl sites for hydroxylation is 1. The maximum atomic E-state index is 13.9. The van der Waals surface area contributed by atoms with Crippen molar-refractivity contribution in [3.05, 3.63) is 53.0 Å². The average molecular weight is 344 g/mol. The molecule has 6 heteroatoms. The Hall–Kier alpha value is -2.08. The number of aromatic nitrogens is 2. The third kappa shape index (κ3) is 3.23. The van der Waals surface area contributed by atoms with Gasteiger partial charge in [0.05, 0.1) is 0 Å². The number of rotatable bonds is 3. The molecule has 0 radical (unpaired) electrons. The third-order valence-corrected chi connectivity index (χ3v) is 5.31. The zero-order valence-corrected chi connectivity index (χ0v) is 14.4. The summed E-state index contributed by atoms with van der Waals surface area (Å²) >= 11 is 0. The first kappa shape index (κ1) is 16.4. The highest BCUT2D eigenvalue weighted by Gasteiger charge is 2.28. The number of anilines is 1. The Morgan fingerprint density at radius 1 is 1.16 bits per heavy atom. The standard InChI is InChI=1S/C19H22F2N4/c1-13-10-25(19-16-3-2-4-18(16)22-12-23-19)8-7-24(13)11-14-5-6-15(20)9-17(14)21/h5-6,9,12-13H,2-4,7-8,10-11H2,1H3. The minimum absolute atomic E-state index is 0.269. The molecule has 1 atom stereocenters. The zero-order valence-electron chi connectivity index (χ0n) is 14.4. The fourth-order valence-electron chi connectivity index (χ4n) is 3.91. The predicted octanol–water partition coefficient (Wildman–Crippen LogP) is 2.95. The maximum absolute atomic E-state index is 13.9. The monoisotopic (exact) mass is 344 g/mol. The maximum Gasteiger partial charge on any atom is 0.135 e. The molecule has 25 heavy (non-hydrogen) atoms. The van der Waals surface area contributed by atoms with E-state index in [-0.39, 0.29) is 6.04 Å². The van der Waals surface area contributed by atoms with Gasteiger partial charge in [0.1, 0.15) is 23.8 Å². The molecule has 1 saturated heterocycles. The van der Waals surface area contributed by atoms with Gasteiger partial charge in [0, 0.05) is 55.1 Å². The lowest BCUT2D eigenvalue weighted by atomic mass is 10.1. The van der Waals surface area contributed by atoms with Crippen LogP contribution in [0.5, 0.6) is 0 Å². The molecule has 0 spiro atoms. The van der Waals surface area contributed by atoms with Gasteiger partial charge >= 0.3 is 0 Å². The van der Waals surface area contributed by atoms with E-state index in [1.165, 1.54) is 17.3 Å². The van der Waals surface area contributed by atoms with Crippen LogP contribution < -0.4 is 4.90 Å². The number of hydrogen-bond donors (Lipinski definition) is 0. The van der Waals surface area contributed by atoms with E-state index in [9.17, 15) is 8.78 Å². The first-order valence-corrected chi connectivity index (χ1v) is 8.87. The topological polar surface area (TPSA) is 32.3 Å². The van der Waals surface area contributed by atoms with Gasteiger partial charge in [-0.05, 0) is 32.3 Å². The second-order valence-electron chi connectivity index (χ2n) is 6.98. The molecule has 4 nitrogen and oxygen atoms in total. The van der Waals surface area contributed by atoms with E-state index in [0.29, 0.717) is 12.1 Å². The predicted molar refractivity (Wildman–Crippen MR) is 92.5 cm³/mol. The highest BCUT2D eigenvalue weighted by Crippen LogP contribution is 2.29. The average Bonchev–Trinajstić information content (AvgIpc) is 3.07. The lowest BCUT2D eigenvalue weighted by Crippen LogP contribution is -2.52. The highest BCUT2D eigenvalue weighted by atomic mass is 19.1. The van der Waals surface area contributed by atoms with E-state index in [0.717, 1.165) is 50.8 Å². The van der Waals surface area contributed by atoms with E-state index in [1.807, 2.05) is 0 Å². The van der Waals surface area contributed by atoms with Gasteiger partial charge in [-0.2, -0.15) is 0 Å². The Kier molecular flexibility index (Phi) is 4.37. The van der Waals surface area contributed by atoms with Crippen molar-refractivity contribution in [2.45, 2.75) is 38.8 Å². The normalized spacial score (nSPS) is 20.8. The van der Waals surface area contributed by atoms with Gasteiger partial charge < -0.3 is 4.90 Å². The summed E-state index contributed by atoms with van der Waals surface area (Å²) in [6.45, 7) is 5.19. The minimum Gasteiger partial charge on any atom is -0.353 e. The molecule has 132 valence electrons. The molecule has 0 N–H and O–H groups in total. The van der Waals surface area contributed by atoms with Crippen LogP contribution in [0.1, 0.15) is 30.2 Å². The lowest BCUT2D eigenvalue weighted by molar-refractivity contribution is 0.178. The number of hydrogen-bond acceptors (Lipinski definition) is 4. The van der Waals surface area contributed by atoms with Crippen molar-refractivity contribution in [3.63, 3.8) is 0 Å². The molecular weight excluding hydrogens is 322 g/mol. The summed E-state index contributed by atoms with van der Waals surface area (Å²) in [6.07, 6.45) is 4.93. The fourth-order valence-corrected chi connectivity index (χ4v) is 3.91. The molecule has 2 aromatic rings. The molecular formula is C19H22F2N4. The molecule has 1 unspecified atom stereocenters. The first-order chi connectivity index (χ1) is 12.1. The second kappa shape index (κ2) is 6.67. The number of halogens is 2. The lowest BCUT2D eigenvalue weighted by Gasteiger charge is -2.41. The second-order valence-corrected chi connectivity index (χ2v) is 6.98. The van der Waals surface area contributed by atoms with Crippen molar-refractivity contribution < 1.29 is 8.78 Å². The Morgan fingerprint density at radius 2 is 2.04 bits per heavy atom. The van der Waals surface area contributed by atoms with Gasteiger partial charge in [-0.3, -0.25) is 4.90 Å². The Balaban J connectivity index is 1.47. The van der Waals surface area contributed by atoms with Gasteiger partial charge in [0.2, 0.25) is 0 Å². The quantitative estimate of drug-likeness (QED) is 0.857. The summed E-state index contributed by atoms with van der Waals surface area (Å²) in [5.41, 5.74) is 3.03. The largest absolute Gasteiger partial charge is 0.353 e. The summed E-state index contributed by atoms with van der Waals surface area (Å²) in [5, 5.41) is 0. The number of nitrogens with zero attached hydrogens (tertiary/aromatic N) is 4. The van der Waals surface area contributed by atoms with E-state index < -0.39 is 11.6 Å². The van der Waals surface area contributed by atoms with Gasteiger partial charge in [-0.15, -0.1) is 0 Å².